The van der Waals surface area contributed by atoms with E-state index in [-0.39, 0.29) is 0 Å². The first-order valence-corrected chi connectivity index (χ1v) is 5.86. The highest BCUT2D eigenvalue weighted by Crippen LogP contribution is 2.30. The molecule has 3 N–H and O–H groups in total. The van der Waals surface area contributed by atoms with Crippen LogP contribution < -0.4 is 5.73 Å². The van der Waals surface area contributed by atoms with Crippen LogP contribution in [0.25, 0.3) is 0 Å². The van der Waals surface area contributed by atoms with Crippen LogP contribution in [0.4, 0.5) is 5.13 Å². The summed E-state index contributed by atoms with van der Waals surface area (Å²) >= 11 is 1.32. The zero-order valence-corrected chi connectivity index (χ0v) is 10.1. The standard InChI is InChI=1S/C12H14N2OS/c1-7-4-3-5-9(8(7)2)11(15)10-6-14-12(13)16-10/h3-6,11,15H,1-2H3,(H2,13,14). The summed E-state index contributed by atoms with van der Waals surface area (Å²) in [7, 11) is 0. The maximum absolute atomic E-state index is 10.2. The third kappa shape index (κ3) is 1.94. The Morgan fingerprint density at radius 2 is 2.12 bits per heavy atom. The Morgan fingerprint density at radius 3 is 2.75 bits per heavy atom. The smallest absolute Gasteiger partial charge is 0.180 e. The minimum absolute atomic E-state index is 0.486. The van der Waals surface area contributed by atoms with Gasteiger partial charge in [-0.2, -0.15) is 0 Å². The molecule has 1 aromatic heterocycles. The van der Waals surface area contributed by atoms with E-state index in [9.17, 15) is 5.11 Å². The van der Waals surface area contributed by atoms with Crippen molar-refractivity contribution in [2.75, 3.05) is 5.73 Å². The van der Waals surface area contributed by atoms with Gasteiger partial charge in [-0.05, 0) is 30.5 Å². The van der Waals surface area contributed by atoms with Crippen LogP contribution in [0, 0.1) is 13.8 Å². The number of thiazole rings is 1. The molecule has 0 saturated heterocycles. The Balaban J connectivity index is 2.41. The third-order valence-electron chi connectivity index (χ3n) is 2.75. The van der Waals surface area contributed by atoms with Crippen LogP contribution in [-0.2, 0) is 0 Å². The minimum Gasteiger partial charge on any atom is -0.383 e. The van der Waals surface area contributed by atoms with Crippen molar-refractivity contribution in [2.24, 2.45) is 0 Å². The van der Waals surface area contributed by atoms with Gasteiger partial charge in [0.25, 0.3) is 0 Å². The van der Waals surface area contributed by atoms with E-state index in [2.05, 4.69) is 4.98 Å². The Hall–Kier alpha value is -1.39. The number of hydrogen-bond acceptors (Lipinski definition) is 4. The number of nitrogen functional groups attached to an aromatic ring is 1. The molecule has 0 aliphatic heterocycles. The quantitative estimate of drug-likeness (QED) is 0.839. The van der Waals surface area contributed by atoms with E-state index in [0.717, 1.165) is 16.0 Å². The van der Waals surface area contributed by atoms with E-state index in [0.29, 0.717) is 5.13 Å². The maximum atomic E-state index is 10.2. The normalized spacial score (nSPS) is 12.7. The van der Waals surface area contributed by atoms with Gasteiger partial charge < -0.3 is 10.8 Å². The Labute approximate surface area is 98.6 Å². The van der Waals surface area contributed by atoms with Gasteiger partial charge in [-0.15, -0.1) is 0 Å². The largest absolute Gasteiger partial charge is 0.383 e. The number of rotatable bonds is 2. The molecular weight excluding hydrogens is 220 g/mol. The van der Waals surface area contributed by atoms with Gasteiger partial charge in [-0.1, -0.05) is 29.5 Å². The topological polar surface area (TPSA) is 59.1 Å². The number of nitrogens with two attached hydrogens (primary N) is 1. The first kappa shape index (κ1) is 11.1. The SMILES string of the molecule is Cc1cccc(C(O)c2cnc(N)s2)c1C. The van der Waals surface area contributed by atoms with Crippen molar-refractivity contribution in [3.8, 4) is 0 Å². The minimum atomic E-state index is -0.630. The second kappa shape index (κ2) is 4.23. The summed E-state index contributed by atoms with van der Waals surface area (Å²) in [5, 5.41) is 10.7. The molecule has 84 valence electrons. The lowest BCUT2D eigenvalue weighted by Crippen LogP contribution is -2.01. The summed E-state index contributed by atoms with van der Waals surface area (Å²) < 4.78 is 0. The molecule has 4 heteroatoms. The van der Waals surface area contributed by atoms with Gasteiger partial charge in [-0.3, -0.25) is 0 Å². The summed E-state index contributed by atoms with van der Waals surface area (Å²) in [5.41, 5.74) is 8.77. The Morgan fingerprint density at radius 1 is 1.38 bits per heavy atom. The molecule has 1 atom stereocenters. The number of anilines is 1. The molecule has 0 aliphatic rings. The lowest BCUT2D eigenvalue weighted by atomic mass is 9.99. The van der Waals surface area contributed by atoms with E-state index in [1.807, 2.05) is 32.0 Å². The fourth-order valence-electron chi connectivity index (χ4n) is 1.65. The lowest BCUT2D eigenvalue weighted by Gasteiger charge is -2.13. The molecule has 3 nitrogen and oxygen atoms in total. The number of aliphatic hydroxyl groups is 1. The van der Waals surface area contributed by atoms with Crippen molar-refractivity contribution in [2.45, 2.75) is 20.0 Å². The Kier molecular flexibility index (Phi) is 2.94. The zero-order valence-electron chi connectivity index (χ0n) is 9.27. The van der Waals surface area contributed by atoms with E-state index >= 15 is 0 Å². The fraction of sp³-hybridized carbons (Fsp3) is 0.250. The predicted molar refractivity (Wildman–Crippen MR) is 66.5 cm³/mol. The van der Waals surface area contributed by atoms with Crippen molar-refractivity contribution in [3.63, 3.8) is 0 Å². The molecule has 0 fully saturated rings. The summed E-state index contributed by atoms with van der Waals surface area (Å²) in [4.78, 5) is 4.74. The molecule has 0 radical (unpaired) electrons. The van der Waals surface area contributed by atoms with Crippen LogP contribution >= 0.6 is 11.3 Å². The molecule has 0 bridgehead atoms. The van der Waals surface area contributed by atoms with Crippen LogP contribution in [0.1, 0.15) is 27.7 Å². The number of aliphatic hydroxyl groups excluding tert-OH is 1. The van der Waals surface area contributed by atoms with Crippen LogP contribution in [0.2, 0.25) is 0 Å². The van der Waals surface area contributed by atoms with Crippen molar-refractivity contribution >= 4 is 16.5 Å². The molecule has 0 saturated carbocycles. The fourth-order valence-corrected chi connectivity index (χ4v) is 2.34. The number of hydrogen-bond donors (Lipinski definition) is 2. The summed E-state index contributed by atoms with van der Waals surface area (Å²) in [6.45, 7) is 4.05. The molecule has 1 unspecified atom stereocenters. The van der Waals surface area contributed by atoms with E-state index in [1.165, 1.54) is 16.9 Å². The summed E-state index contributed by atoms with van der Waals surface area (Å²) in [5.74, 6) is 0. The number of aromatic nitrogens is 1. The average Bonchev–Trinajstić information content (AvgIpc) is 2.68. The molecule has 2 rings (SSSR count). The van der Waals surface area contributed by atoms with Crippen molar-refractivity contribution < 1.29 is 5.11 Å². The van der Waals surface area contributed by atoms with Gasteiger partial charge in [0.2, 0.25) is 0 Å². The van der Waals surface area contributed by atoms with Gasteiger partial charge in [0, 0.05) is 6.20 Å². The Bertz CT molecular complexity index is 507. The highest BCUT2D eigenvalue weighted by molar-refractivity contribution is 7.15. The van der Waals surface area contributed by atoms with E-state index in [4.69, 9.17) is 5.73 Å². The summed E-state index contributed by atoms with van der Waals surface area (Å²) in [6.07, 6.45) is 1.00. The molecular formula is C12H14N2OS. The number of aryl methyl sites for hydroxylation is 1. The first-order valence-electron chi connectivity index (χ1n) is 5.05. The van der Waals surface area contributed by atoms with Gasteiger partial charge >= 0.3 is 0 Å². The predicted octanol–water partition coefficient (Wildman–Crippen LogP) is 2.42. The lowest BCUT2D eigenvalue weighted by molar-refractivity contribution is 0.223. The maximum Gasteiger partial charge on any atom is 0.180 e. The monoisotopic (exact) mass is 234 g/mol. The molecule has 0 aliphatic carbocycles. The van der Waals surface area contributed by atoms with Gasteiger partial charge in [0.05, 0.1) is 4.88 Å². The van der Waals surface area contributed by atoms with Crippen LogP contribution in [0.5, 0.6) is 0 Å². The van der Waals surface area contributed by atoms with Gasteiger partial charge in [-0.25, -0.2) is 4.98 Å². The number of nitrogens with zero attached hydrogens (tertiary/aromatic N) is 1. The average molecular weight is 234 g/mol. The highest BCUT2D eigenvalue weighted by Gasteiger charge is 2.15. The van der Waals surface area contributed by atoms with Crippen molar-refractivity contribution in [3.05, 3.63) is 46.0 Å². The third-order valence-corrected chi connectivity index (χ3v) is 3.63. The summed E-state index contributed by atoms with van der Waals surface area (Å²) in [6, 6.07) is 5.92. The van der Waals surface area contributed by atoms with Gasteiger partial charge in [0.1, 0.15) is 6.10 Å². The van der Waals surface area contributed by atoms with Crippen molar-refractivity contribution in [1.82, 2.24) is 4.98 Å². The molecule has 0 amide bonds. The second-order valence-corrected chi connectivity index (χ2v) is 4.89. The molecule has 1 aromatic carbocycles. The molecule has 16 heavy (non-hydrogen) atoms. The second-order valence-electron chi connectivity index (χ2n) is 3.79. The van der Waals surface area contributed by atoms with E-state index in [1.54, 1.807) is 6.20 Å². The van der Waals surface area contributed by atoms with Crippen LogP contribution in [0.3, 0.4) is 0 Å². The zero-order chi connectivity index (χ0) is 11.7. The van der Waals surface area contributed by atoms with Crippen LogP contribution in [0.15, 0.2) is 24.4 Å². The molecule has 1 heterocycles. The van der Waals surface area contributed by atoms with E-state index < -0.39 is 6.10 Å². The highest BCUT2D eigenvalue weighted by atomic mass is 32.1. The molecule has 2 aromatic rings. The van der Waals surface area contributed by atoms with Gasteiger partial charge in [0.15, 0.2) is 5.13 Å². The first-order chi connectivity index (χ1) is 7.59. The van der Waals surface area contributed by atoms with Crippen LogP contribution in [-0.4, -0.2) is 10.1 Å². The molecule has 0 spiro atoms. The number of benzene rings is 1. The van der Waals surface area contributed by atoms with Crippen molar-refractivity contribution in [1.29, 1.82) is 0 Å².